The van der Waals surface area contributed by atoms with Gasteiger partial charge >= 0.3 is 0 Å². The number of aliphatic hydroxyl groups is 1. The first-order chi connectivity index (χ1) is 12.3. The van der Waals surface area contributed by atoms with Crippen molar-refractivity contribution in [3.05, 3.63) is 69.1 Å². The highest BCUT2D eigenvalue weighted by Crippen LogP contribution is 2.33. The summed E-state index contributed by atoms with van der Waals surface area (Å²) < 4.78 is 59.8. The van der Waals surface area contributed by atoms with Gasteiger partial charge in [0.25, 0.3) is 5.56 Å². The Labute approximate surface area is 143 Å². The van der Waals surface area contributed by atoms with E-state index in [4.69, 9.17) is 0 Å². The molecule has 3 rings (SSSR count). The van der Waals surface area contributed by atoms with Crippen molar-refractivity contribution in [3.63, 3.8) is 0 Å². The quantitative estimate of drug-likeness (QED) is 0.422. The third-order valence-corrected chi connectivity index (χ3v) is 3.58. The molecule has 5 nitrogen and oxygen atoms in total. The van der Waals surface area contributed by atoms with Gasteiger partial charge < -0.3 is 14.8 Å². The number of nitrogens with one attached hydrogen (secondary N) is 1. The van der Waals surface area contributed by atoms with Crippen molar-refractivity contribution >= 4 is 22.9 Å². The van der Waals surface area contributed by atoms with E-state index < -0.39 is 51.6 Å². The summed E-state index contributed by atoms with van der Waals surface area (Å²) in [5.74, 6) is -9.85. The van der Waals surface area contributed by atoms with Crippen LogP contribution in [0.2, 0.25) is 0 Å². The Balaban J connectivity index is 2.20. The minimum atomic E-state index is -1.87. The Hall–Kier alpha value is -3.36. The number of aromatic amines is 1. The molecule has 3 aromatic rings. The third-order valence-electron chi connectivity index (χ3n) is 3.58. The summed E-state index contributed by atoms with van der Waals surface area (Å²) in [6, 6.07) is 6.41. The number of nitrogens with zero attached hydrogens (tertiary/aromatic N) is 1. The van der Waals surface area contributed by atoms with Crippen LogP contribution in [0.25, 0.3) is 22.9 Å². The number of para-hydroxylation sites is 2. The number of halogens is 4. The van der Waals surface area contributed by atoms with E-state index in [0.29, 0.717) is 17.1 Å². The fraction of sp³-hybridized carbons (Fsp3) is 0.0588. The standard InChI is InChI=1S/C17H10F4N2O3/c1-26-16-14(20)12(18)11(13(19)15(16)21)10(24)6-9-17(25)23-8-5-3-2-4-7(8)22-9/h2-6,24H,1H3,(H,23,25)/b10-6+. The molecule has 0 aliphatic heterocycles. The fourth-order valence-electron chi connectivity index (χ4n) is 2.36. The molecular weight excluding hydrogens is 356 g/mol. The van der Waals surface area contributed by atoms with Crippen LogP contribution in [0.3, 0.4) is 0 Å². The largest absolute Gasteiger partial charge is 0.507 e. The molecule has 9 heteroatoms. The molecule has 0 aliphatic rings. The molecular formula is C17H10F4N2O3. The number of benzene rings is 2. The van der Waals surface area contributed by atoms with Crippen molar-refractivity contribution in [2.75, 3.05) is 7.11 Å². The van der Waals surface area contributed by atoms with E-state index in [1.54, 1.807) is 24.3 Å². The average Bonchev–Trinajstić information content (AvgIpc) is 2.61. The van der Waals surface area contributed by atoms with Gasteiger partial charge in [-0.25, -0.2) is 13.8 Å². The maximum atomic E-state index is 14.0. The SMILES string of the molecule is COc1c(F)c(F)c(/C(O)=C\c2nc3ccccc3[nH]c2=O)c(F)c1F. The van der Waals surface area contributed by atoms with E-state index in [9.17, 15) is 27.5 Å². The number of methoxy groups -OCH3 is 1. The molecule has 26 heavy (non-hydrogen) atoms. The predicted molar refractivity (Wildman–Crippen MR) is 85.7 cm³/mol. The first kappa shape index (κ1) is 17.5. The first-order valence-electron chi connectivity index (χ1n) is 7.15. The lowest BCUT2D eigenvalue weighted by atomic mass is 10.1. The molecule has 0 unspecified atom stereocenters. The van der Waals surface area contributed by atoms with Crippen LogP contribution in [0.4, 0.5) is 17.6 Å². The minimum Gasteiger partial charge on any atom is -0.507 e. The highest BCUT2D eigenvalue weighted by molar-refractivity contribution is 5.79. The molecule has 0 spiro atoms. The maximum Gasteiger partial charge on any atom is 0.274 e. The first-order valence-corrected chi connectivity index (χ1v) is 7.15. The zero-order chi connectivity index (χ0) is 19.0. The highest BCUT2D eigenvalue weighted by Gasteiger charge is 2.28. The highest BCUT2D eigenvalue weighted by atomic mass is 19.2. The molecule has 2 N–H and O–H groups in total. The van der Waals surface area contributed by atoms with E-state index in [2.05, 4.69) is 14.7 Å². The van der Waals surface area contributed by atoms with Gasteiger partial charge in [0.15, 0.2) is 17.4 Å². The second kappa shape index (κ2) is 6.51. The molecule has 0 saturated carbocycles. The zero-order valence-corrected chi connectivity index (χ0v) is 13.1. The van der Waals surface area contributed by atoms with Crippen molar-refractivity contribution < 1.29 is 27.4 Å². The summed E-state index contributed by atoms with van der Waals surface area (Å²) in [4.78, 5) is 18.4. The topological polar surface area (TPSA) is 75.2 Å². The van der Waals surface area contributed by atoms with E-state index in [0.717, 1.165) is 7.11 Å². The van der Waals surface area contributed by atoms with Gasteiger partial charge in [-0.15, -0.1) is 0 Å². The van der Waals surface area contributed by atoms with Gasteiger partial charge in [0, 0.05) is 6.08 Å². The van der Waals surface area contributed by atoms with Gasteiger partial charge in [0.05, 0.1) is 23.7 Å². The smallest absolute Gasteiger partial charge is 0.274 e. The summed E-state index contributed by atoms with van der Waals surface area (Å²) in [7, 11) is 0.828. The van der Waals surface area contributed by atoms with E-state index in [-0.39, 0.29) is 0 Å². The Morgan fingerprint density at radius 3 is 2.35 bits per heavy atom. The number of hydrogen-bond acceptors (Lipinski definition) is 4. The molecule has 0 fully saturated rings. The van der Waals surface area contributed by atoms with Gasteiger partial charge in [0.1, 0.15) is 11.5 Å². The van der Waals surface area contributed by atoms with Gasteiger partial charge in [-0.2, -0.15) is 8.78 Å². The maximum absolute atomic E-state index is 14.0. The monoisotopic (exact) mass is 366 g/mol. The molecule has 1 aromatic heterocycles. The molecule has 0 saturated heterocycles. The predicted octanol–water partition coefficient (Wildman–Crippen LogP) is 3.54. The average molecular weight is 366 g/mol. The van der Waals surface area contributed by atoms with Crippen LogP contribution in [0.15, 0.2) is 29.1 Å². The summed E-state index contributed by atoms with van der Waals surface area (Å²) in [6.45, 7) is 0. The van der Waals surface area contributed by atoms with Crippen LogP contribution in [0.5, 0.6) is 5.75 Å². The van der Waals surface area contributed by atoms with E-state index in [1.807, 2.05) is 0 Å². The molecule has 0 amide bonds. The van der Waals surface area contributed by atoms with Crippen LogP contribution in [0.1, 0.15) is 11.3 Å². The molecule has 0 radical (unpaired) electrons. The molecule has 2 aromatic carbocycles. The van der Waals surface area contributed by atoms with Gasteiger partial charge in [0.2, 0.25) is 11.6 Å². The summed E-state index contributed by atoms with van der Waals surface area (Å²) in [5.41, 5.74) is -1.83. The summed E-state index contributed by atoms with van der Waals surface area (Å²) >= 11 is 0. The zero-order valence-electron chi connectivity index (χ0n) is 13.1. The number of H-pyrrole nitrogens is 1. The van der Waals surface area contributed by atoms with Gasteiger partial charge in [-0.3, -0.25) is 4.79 Å². The molecule has 134 valence electrons. The minimum absolute atomic E-state index is 0.333. The Bertz CT molecular complexity index is 1080. The summed E-state index contributed by atoms with van der Waals surface area (Å²) in [6.07, 6.45) is 0.609. The second-order valence-corrected chi connectivity index (χ2v) is 5.16. The number of ether oxygens (including phenoxy) is 1. The summed E-state index contributed by atoms with van der Waals surface area (Å²) in [5, 5.41) is 9.96. The van der Waals surface area contributed by atoms with Crippen molar-refractivity contribution in [2.45, 2.75) is 0 Å². The number of hydrogen-bond donors (Lipinski definition) is 2. The molecule has 0 aliphatic carbocycles. The van der Waals surface area contributed by atoms with Crippen molar-refractivity contribution in [1.82, 2.24) is 9.97 Å². The van der Waals surface area contributed by atoms with Gasteiger partial charge in [-0.1, -0.05) is 12.1 Å². The molecule has 1 heterocycles. The van der Waals surface area contributed by atoms with Crippen LogP contribution < -0.4 is 10.3 Å². The number of aromatic nitrogens is 2. The third kappa shape index (κ3) is 2.77. The van der Waals surface area contributed by atoms with Crippen LogP contribution >= 0.6 is 0 Å². The lowest BCUT2D eigenvalue weighted by Gasteiger charge is -2.10. The Kier molecular flexibility index (Phi) is 4.37. The second-order valence-electron chi connectivity index (χ2n) is 5.16. The molecule has 0 atom stereocenters. The number of fused-ring (bicyclic) bond motifs is 1. The lowest BCUT2D eigenvalue weighted by molar-refractivity contribution is 0.329. The molecule has 0 bridgehead atoms. The van der Waals surface area contributed by atoms with Crippen molar-refractivity contribution in [1.29, 1.82) is 0 Å². The van der Waals surface area contributed by atoms with Crippen molar-refractivity contribution in [2.24, 2.45) is 0 Å². The number of rotatable bonds is 3. The van der Waals surface area contributed by atoms with Gasteiger partial charge in [-0.05, 0) is 12.1 Å². The van der Waals surface area contributed by atoms with Crippen LogP contribution in [0, 0.1) is 23.3 Å². The Morgan fingerprint density at radius 1 is 1.12 bits per heavy atom. The van der Waals surface area contributed by atoms with Crippen LogP contribution in [-0.4, -0.2) is 22.2 Å². The van der Waals surface area contributed by atoms with Crippen LogP contribution in [-0.2, 0) is 0 Å². The van der Waals surface area contributed by atoms with E-state index >= 15 is 0 Å². The lowest BCUT2D eigenvalue weighted by Crippen LogP contribution is -2.12. The Morgan fingerprint density at radius 2 is 1.73 bits per heavy atom. The van der Waals surface area contributed by atoms with E-state index in [1.165, 1.54) is 0 Å². The van der Waals surface area contributed by atoms with Crippen molar-refractivity contribution in [3.8, 4) is 5.75 Å². The number of aliphatic hydroxyl groups excluding tert-OH is 1. The fourth-order valence-corrected chi connectivity index (χ4v) is 2.36. The normalized spacial score (nSPS) is 11.8.